The van der Waals surface area contributed by atoms with Crippen LogP contribution >= 0.6 is 12.4 Å². The van der Waals surface area contributed by atoms with Crippen molar-refractivity contribution in [1.29, 1.82) is 0 Å². The number of amides is 1. The van der Waals surface area contributed by atoms with Crippen LogP contribution in [0, 0.1) is 5.82 Å². The number of benzene rings is 1. The molecular formula is C16H21ClF4N2O2. The summed E-state index contributed by atoms with van der Waals surface area (Å²) in [6.07, 6.45) is -2.96. The average Bonchev–Trinajstić information content (AvgIpc) is 2.54. The van der Waals surface area contributed by atoms with Crippen LogP contribution in [0.2, 0.25) is 0 Å². The Morgan fingerprint density at radius 3 is 2.48 bits per heavy atom. The van der Waals surface area contributed by atoms with Gasteiger partial charge in [-0.15, -0.1) is 12.4 Å². The first kappa shape index (κ1) is 21.7. The molecule has 0 aliphatic carbocycles. The molecule has 1 saturated heterocycles. The molecular weight excluding hydrogens is 364 g/mol. The molecule has 1 aromatic carbocycles. The number of carbonyl (C=O) groups is 1. The van der Waals surface area contributed by atoms with Crippen LogP contribution in [0.25, 0.3) is 0 Å². The van der Waals surface area contributed by atoms with E-state index in [0.717, 1.165) is 18.6 Å². The molecule has 0 unspecified atom stereocenters. The maximum Gasteiger partial charge on any atom is 0.419 e. The van der Waals surface area contributed by atoms with Gasteiger partial charge in [0.05, 0.1) is 17.2 Å². The number of halogens is 5. The van der Waals surface area contributed by atoms with Crippen LogP contribution in [0.1, 0.15) is 35.2 Å². The monoisotopic (exact) mass is 384 g/mol. The first-order valence-electron chi connectivity index (χ1n) is 7.81. The molecule has 0 bridgehead atoms. The Kier molecular flexibility index (Phi) is 8.11. The van der Waals surface area contributed by atoms with Crippen molar-refractivity contribution in [3.63, 3.8) is 0 Å². The van der Waals surface area contributed by atoms with Crippen LogP contribution in [0.5, 0.6) is 0 Å². The lowest BCUT2D eigenvalue weighted by Crippen LogP contribution is -2.41. The van der Waals surface area contributed by atoms with Crippen molar-refractivity contribution in [3.8, 4) is 0 Å². The molecule has 25 heavy (non-hydrogen) atoms. The van der Waals surface area contributed by atoms with Crippen molar-refractivity contribution >= 4 is 18.3 Å². The van der Waals surface area contributed by atoms with Crippen molar-refractivity contribution in [2.75, 3.05) is 26.2 Å². The molecule has 4 nitrogen and oxygen atoms in total. The first-order valence-corrected chi connectivity index (χ1v) is 7.81. The third kappa shape index (κ3) is 5.55. The highest BCUT2D eigenvalue weighted by molar-refractivity contribution is 5.94. The van der Waals surface area contributed by atoms with Crippen molar-refractivity contribution < 1.29 is 27.1 Å². The molecule has 1 fully saturated rings. The van der Waals surface area contributed by atoms with Crippen LogP contribution in [0.4, 0.5) is 17.6 Å². The first-order chi connectivity index (χ1) is 11.3. The molecule has 142 valence electrons. The maximum atomic E-state index is 14.1. The van der Waals surface area contributed by atoms with Crippen LogP contribution < -0.4 is 5.73 Å². The van der Waals surface area contributed by atoms with Gasteiger partial charge in [-0.1, -0.05) is 6.07 Å². The summed E-state index contributed by atoms with van der Waals surface area (Å²) in [5.74, 6) is -2.24. The third-order valence-corrected chi connectivity index (χ3v) is 3.97. The van der Waals surface area contributed by atoms with Gasteiger partial charge in [-0.3, -0.25) is 4.79 Å². The van der Waals surface area contributed by atoms with E-state index in [4.69, 9.17) is 10.5 Å². The summed E-state index contributed by atoms with van der Waals surface area (Å²) < 4.78 is 57.9. The van der Waals surface area contributed by atoms with Gasteiger partial charge in [0, 0.05) is 19.7 Å². The molecule has 9 heteroatoms. The van der Waals surface area contributed by atoms with E-state index in [2.05, 4.69) is 0 Å². The highest BCUT2D eigenvalue weighted by atomic mass is 35.5. The van der Waals surface area contributed by atoms with Gasteiger partial charge in [0.1, 0.15) is 5.82 Å². The van der Waals surface area contributed by atoms with Gasteiger partial charge >= 0.3 is 6.18 Å². The van der Waals surface area contributed by atoms with E-state index in [1.807, 2.05) is 0 Å². The zero-order chi connectivity index (χ0) is 17.7. The minimum absolute atomic E-state index is 0. The van der Waals surface area contributed by atoms with Crippen LogP contribution in [0.15, 0.2) is 18.2 Å². The number of piperidine rings is 1. The van der Waals surface area contributed by atoms with E-state index in [0.29, 0.717) is 45.1 Å². The SMILES string of the molecule is Cl.NCCCOC1CCN(C(=O)c2cccc(C(F)(F)F)c2F)CC1. The van der Waals surface area contributed by atoms with E-state index in [-0.39, 0.29) is 18.5 Å². The van der Waals surface area contributed by atoms with Crippen LogP contribution in [-0.4, -0.2) is 43.2 Å². The fraction of sp³-hybridized carbons (Fsp3) is 0.562. The van der Waals surface area contributed by atoms with Gasteiger partial charge < -0.3 is 15.4 Å². The van der Waals surface area contributed by atoms with Crippen molar-refractivity contribution in [2.24, 2.45) is 5.73 Å². The molecule has 0 radical (unpaired) electrons. The van der Waals surface area contributed by atoms with Crippen molar-refractivity contribution in [1.82, 2.24) is 4.90 Å². The highest BCUT2D eigenvalue weighted by Crippen LogP contribution is 2.32. The Bertz CT molecular complexity index is 576. The normalized spacial score (nSPS) is 15.8. The zero-order valence-electron chi connectivity index (χ0n) is 13.5. The Morgan fingerprint density at radius 2 is 1.92 bits per heavy atom. The molecule has 1 amide bonds. The molecule has 1 aliphatic rings. The molecule has 1 heterocycles. The Hall–Kier alpha value is -1.38. The van der Waals surface area contributed by atoms with E-state index in [9.17, 15) is 22.4 Å². The number of nitrogens with zero attached hydrogens (tertiary/aromatic N) is 1. The number of nitrogens with two attached hydrogens (primary N) is 1. The van der Waals surface area contributed by atoms with Gasteiger partial charge in [-0.05, 0) is 37.9 Å². The zero-order valence-corrected chi connectivity index (χ0v) is 14.3. The molecule has 1 aromatic rings. The second-order valence-electron chi connectivity index (χ2n) is 5.67. The van der Waals surface area contributed by atoms with Gasteiger partial charge in [-0.2, -0.15) is 13.2 Å². The minimum atomic E-state index is -4.83. The number of alkyl halides is 3. The van der Waals surface area contributed by atoms with Gasteiger partial charge in [0.15, 0.2) is 0 Å². The smallest absolute Gasteiger partial charge is 0.378 e. The maximum absolute atomic E-state index is 14.1. The molecule has 0 aromatic heterocycles. The highest BCUT2D eigenvalue weighted by Gasteiger charge is 2.36. The Labute approximate surface area is 149 Å². The van der Waals surface area contributed by atoms with Crippen molar-refractivity contribution in [2.45, 2.75) is 31.5 Å². The number of likely N-dealkylation sites (tertiary alicyclic amines) is 1. The number of hydrogen-bond acceptors (Lipinski definition) is 3. The van der Waals surface area contributed by atoms with Crippen LogP contribution in [0.3, 0.4) is 0 Å². The Morgan fingerprint density at radius 1 is 1.28 bits per heavy atom. The summed E-state index contributed by atoms with van der Waals surface area (Å²) in [5, 5.41) is 0. The molecule has 1 aliphatic heterocycles. The lowest BCUT2D eigenvalue weighted by Gasteiger charge is -2.32. The number of hydrogen-bond donors (Lipinski definition) is 1. The predicted octanol–water partition coefficient (Wildman–Crippen LogP) is 3.24. The minimum Gasteiger partial charge on any atom is -0.378 e. The molecule has 2 N–H and O–H groups in total. The fourth-order valence-corrected chi connectivity index (χ4v) is 2.65. The number of ether oxygens (including phenoxy) is 1. The van der Waals surface area contributed by atoms with Gasteiger partial charge in [-0.25, -0.2) is 4.39 Å². The van der Waals surface area contributed by atoms with E-state index < -0.39 is 29.0 Å². The molecule has 2 rings (SSSR count). The van der Waals surface area contributed by atoms with E-state index >= 15 is 0 Å². The number of rotatable bonds is 5. The lowest BCUT2D eigenvalue weighted by molar-refractivity contribution is -0.140. The van der Waals surface area contributed by atoms with Crippen LogP contribution in [-0.2, 0) is 10.9 Å². The topological polar surface area (TPSA) is 55.6 Å². The second kappa shape index (κ2) is 9.35. The standard InChI is InChI=1S/C16H20F4N2O2.ClH/c17-14-12(3-1-4-13(14)16(18,19)20)15(23)22-8-5-11(6-9-22)24-10-2-7-21;/h1,3-4,11H,2,5-10,21H2;1H. The fourth-order valence-electron chi connectivity index (χ4n) is 2.65. The predicted molar refractivity (Wildman–Crippen MR) is 87.2 cm³/mol. The summed E-state index contributed by atoms with van der Waals surface area (Å²) in [5.41, 5.74) is 3.41. The lowest BCUT2D eigenvalue weighted by atomic mass is 10.0. The van der Waals surface area contributed by atoms with E-state index in [1.165, 1.54) is 4.90 Å². The number of carbonyl (C=O) groups excluding carboxylic acids is 1. The largest absolute Gasteiger partial charge is 0.419 e. The molecule has 0 spiro atoms. The van der Waals surface area contributed by atoms with Crippen molar-refractivity contribution in [3.05, 3.63) is 35.1 Å². The average molecular weight is 385 g/mol. The summed E-state index contributed by atoms with van der Waals surface area (Å²) >= 11 is 0. The Balaban J connectivity index is 0.00000312. The molecule has 0 atom stereocenters. The molecule has 0 saturated carbocycles. The summed E-state index contributed by atoms with van der Waals surface area (Å²) in [6, 6.07) is 2.75. The quantitative estimate of drug-likeness (QED) is 0.626. The van der Waals surface area contributed by atoms with E-state index in [1.54, 1.807) is 0 Å². The second-order valence-corrected chi connectivity index (χ2v) is 5.67. The summed E-state index contributed by atoms with van der Waals surface area (Å²) in [4.78, 5) is 13.7. The summed E-state index contributed by atoms with van der Waals surface area (Å²) in [6.45, 7) is 1.72. The van der Waals surface area contributed by atoms with Gasteiger partial charge in [0.25, 0.3) is 5.91 Å². The third-order valence-electron chi connectivity index (χ3n) is 3.97. The summed E-state index contributed by atoms with van der Waals surface area (Å²) in [7, 11) is 0. The van der Waals surface area contributed by atoms with Gasteiger partial charge in [0.2, 0.25) is 0 Å².